The molecule has 0 radical (unpaired) electrons. The lowest BCUT2D eigenvalue weighted by molar-refractivity contribution is -0.126. The number of amides is 1. The molecule has 4 rings (SSSR count). The van der Waals surface area contributed by atoms with Crippen LogP contribution in [0.2, 0.25) is 0 Å². The first-order chi connectivity index (χ1) is 14.0. The maximum atomic E-state index is 12.8. The van der Waals surface area contributed by atoms with E-state index < -0.39 is 10.0 Å². The van der Waals surface area contributed by atoms with Gasteiger partial charge in [-0.1, -0.05) is 24.3 Å². The molecule has 3 heterocycles. The van der Waals surface area contributed by atoms with Gasteiger partial charge in [-0.25, -0.2) is 8.42 Å². The minimum atomic E-state index is -3.49. The summed E-state index contributed by atoms with van der Waals surface area (Å²) < 4.78 is 27.3. The number of rotatable bonds is 6. The van der Waals surface area contributed by atoms with Crippen molar-refractivity contribution in [3.05, 3.63) is 47.8 Å². The van der Waals surface area contributed by atoms with Crippen molar-refractivity contribution in [2.45, 2.75) is 23.5 Å². The van der Waals surface area contributed by atoms with E-state index in [1.54, 1.807) is 17.5 Å². The van der Waals surface area contributed by atoms with E-state index in [-0.39, 0.29) is 18.4 Å². The standard InChI is InChI=1S/C21H27N3O3S2/c25-21(22-14-17-10-12-23(15-17)19-7-2-1-3-8-19)18-6-4-11-24(16-18)29(26,27)20-9-5-13-28-20/h1-3,5,7-9,13,17-18H,4,6,10-12,14-16H2,(H,22,25). The summed E-state index contributed by atoms with van der Waals surface area (Å²) >= 11 is 1.22. The van der Waals surface area contributed by atoms with Gasteiger partial charge in [-0.3, -0.25) is 4.79 Å². The average molecular weight is 434 g/mol. The van der Waals surface area contributed by atoms with E-state index in [9.17, 15) is 13.2 Å². The molecule has 1 aromatic carbocycles. The normalized spacial score (nSPS) is 23.2. The molecule has 0 aliphatic carbocycles. The number of anilines is 1. The first-order valence-corrected chi connectivity index (χ1v) is 12.5. The van der Waals surface area contributed by atoms with Crippen LogP contribution >= 0.6 is 11.3 Å². The Morgan fingerprint density at radius 1 is 1.07 bits per heavy atom. The lowest BCUT2D eigenvalue weighted by atomic mass is 9.98. The molecule has 6 nitrogen and oxygen atoms in total. The van der Waals surface area contributed by atoms with E-state index >= 15 is 0 Å². The number of benzene rings is 1. The van der Waals surface area contributed by atoms with Crippen molar-refractivity contribution in [3.63, 3.8) is 0 Å². The highest BCUT2D eigenvalue weighted by Crippen LogP contribution is 2.27. The number of piperidine rings is 1. The Balaban J connectivity index is 1.29. The highest BCUT2D eigenvalue weighted by molar-refractivity contribution is 7.91. The van der Waals surface area contributed by atoms with Crippen molar-refractivity contribution in [1.82, 2.24) is 9.62 Å². The molecule has 2 aliphatic heterocycles. The molecular formula is C21H27N3O3S2. The molecule has 2 aromatic rings. The quantitative estimate of drug-likeness (QED) is 0.761. The Morgan fingerprint density at radius 3 is 2.66 bits per heavy atom. The van der Waals surface area contributed by atoms with Gasteiger partial charge in [0.15, 0.2) is 0 Å². The molecule has 1 N–H and O–H groups in total. The van der Waals surface area contributed by atoms with Crippen LogP contribution in [0.15, 0.2) is 52.1 Å². The minimum Gasteiger partial charge on any atom is -0.371 e. The molecule has 29 heavy (non-hydrogen) atoms. The maximum absolute atomic E-state index is 12.8. The largest absolute Gasteiger partial charge is 0.371 e. The molecule has 156 valence electrons. The summed E-state index contributed by atoms with van der Waals surface area (Å²) in [4.78, 5) is 15.1. The number of para-hydroxylation sites is 1. The van der Waals surface area contributed by atoms with E-state index in [0.717, 1.165) is 25.9 Å². The fourth-order valence-electron chi connectivity index (χ4n) is 4.17. The molecule has 2 unspecified atom stereocenters. The van der Waals surface area contributed by atoms with Crippen molar-refractivity contribution in [1.29, 1.82) is 0 Å². The van der Waals surface area contributed by atoms with Crippen molar-refractivity contribution in [3.8, 4) is 0 Å². The topological polar surface area (TPSA) is 69.7 Å². The molecule has 0 saturated carbocycles. The molecule has 1 aromatic heterocycles. The number of nitrogens with one attached hydrogen (secondary N) is 1. The monoisotopic (exact) mass is 433 g/mol. The van der Waals surface area contributed by atoms with Gasteiger partial charge in [0.2, 0.25) is 5.91 Å². The van der Waals surface area contributed by atoms with Crippen LogP contribution in [-0.2, 0) is 14.8 Å². The van der Waals surface area contributed by atoms with Crippen LogP contribution in [0, 0.1) is 11.8 Å². The lowest BCUT2D eigenvalue weighted by Crippen LogP contribution is -2.46. The van der Waals surface area contributed by atoms with Gasteiger partial charge in [-0.15, -0.1) is 11.3 Å². The fourth-order valence-corrected chi connectivity index (χ4v) is 6.84. The summed E-state index contributed by atoms with van der Waals surface area (Å²) in [6.45, 7) is 3.34. The summed E-state index contributed by atoms with van der Waals surface area (Å²) in [5, 5.41) is 4.85. The lowest BCUT2D eigenvalue weighted by Gasteiger charge is -2.31. The van der Waals surface area contributed by atoms with Gasteiger partial charge in [0.05, 0.1) is 5.92 Å². The number of carbonyl (C=O) groups is 1. The van der Waals surface area contributed by atoms with E-state index in [0.29, 0.717) is 29.6 Å². The number of sulfonamides is 1. The predicted octanol–water partition coefficient (Wildman–Crippen LogP) is 2.79. The van der Waals surface area contributed by atoms with Gasteiger partial charge in [0.25, 0.3) is 10.0 Å². The second kappa shape index (κ2) is 8.85. The molecule has 0 spiro atoms. The molecule has 0 bridgehead atoms. The average Bonchev–Trinajstić information content (AvgIpc) is 3.45. The SMILES string of the molecule is O=C(NCC1CCN(c2ccccc2)C1)C1CCCN(S(=O)(=O)c2cccs2)C1. The van der Waals surface area contributed by atoms with E-state index in [2.05, 4.69) is 22.3 Å². The van der Waals surface area contributed by atoms with Gasteiger partial charge < -0.3 is 10.2 Å². The highest BCUT2D eigenvalue weighted by Gasteiger charge is 2.34. The number of carbonyl (C=O) groups excluding carboxylic acids is 1. The first kappa shape index (κ1) is 20.4. The zero-order valence-electron chi connectivity index (χ0n) is 16.4. The van der Waals surface area contributed by atoms with Crippen LogP contribution in [0.4, 0.5) is 5.69 Å². The summed E-state index contributed by atoms with van der Waals surface area (Å²) in [5.41, 5.74) is 1.23. The van der Waals surface area contributed by atoms with Gasteiger partial charge in [0.1, 0.15) is 4.21 Å². The number of hydrogen-bond acceptors (Lipinski definition) is 5. The van der Waals surface area contributed by atoms with Crippen molar-refractivity contribution in [2.24, 2.45) is 11.8 Å². The Kier molecular flexibility index (Phi) is 6.22. The molecule has 1 amide bonds. The van der Waals surface area contributed by atoms with Gasteiger partial charge in [-0.2, -0.15) is 4.31 Å². The predicted molar refractivity (Wildman–Crippen MR) is 116 cm³/mol. The first-order valence-electron chi connectivity index (χ1n) is 10.2. The highest BCUT2D eigenvalue weighted by atomic mass is 32.2. The fraction of sp³-hybridized carbons (Fsp3) is 0.476. The van der Waals surface area contributed by atoms with Crippen molar-refractivity contribution < 1.29 is 13.2 Å². The van der Waals surface area contributed by atoms with Crippen LogP contribution in [0.1, 0.15) is 19.3 Å². The van der Waals surface area contributed by atoms with Crippen LogP contribution in [0.5, 0.6) is 0 Å². The zero-order valence-corrected chi connectivity index (χ0v) is 18.0. The van der Waals surface area contributed by atoms with Crippen LogP contribution in [0.25, 0.3) is 0 Å². The Bertz CT molecular complexity index is 916. The zero-order chi connectivity index (χ0) is 20.3. The smallest absolute Gasteiger partial charge is 0.252 e. The molecule has 2 saturated heterocycles. The number of thiophene rings is 1. The molecule has 2 aliphatic rings. The Labute approximate surface area is 176 Å². The third kappa shape index (κ3) is 4.65. The summed E-state index contributed by atoms with van der Waals surface area (Å²) in [6, 6.07) is 13.7. The number of hydrogen-bond donors (Lipinski definition) is 1. The Hall–Kier alpha value is -1.90. The second-order valence-corrected chi connectivity index (χ2v) is 10.9. The third-order valence-electron chi connectivity index (χ3n) is 5.82. The van der Waals surface area contributed by atoms with E-state index in [1.807, 2.05) is 18.2 Å². The van der Waals surface area contributed by atoms with Gasteiger partial charge in [0, 0.05) is 38.4 Å². The molecule has 2 atom stereocenters. The maximum Gasteiger partial charge on any atom is 0.252 e. The van der Waals surface area contributed by atoms with Crippen LogP contribution in [0.3, 0.4) is 0 Å². The van der Waals surface area contributed by atoms with E-state index in [4.69, 9.17) is 0 Å². The Morgan fingerprint density at radius 2 is 1.90 bits per heavy atom. The summed E-state index contributed by atoms with van der Waals surface area (Å²) in [5.74, 6) is 0.132. The van der Waals surface area contributed by atoms with Crippen LogP contribution in [-0.4, -0.2) is 51.4 Å². The second-order valence-electron chi connectivity index (χ2n) is 7.82. The van der Waals surface area contributed by atoms with Crippen LogP contribution < -0.4 is 10.2 Å². The minimum absolute atomic E-state index is 0.0192. The summed E-state index contributed by atoms with van der Waals surface area (Å²) in [6.07, 6.45) is 2.51. The van der Waals surface area contributed by atoms with E-state index in [1.165, 1.54) is 21.3 Å². The number of nitrogens with zero attached hydrogens (tertiary/aromatic N) is 2. The van der Waals surface area contributed by atoms with Gasteiger partial charge >= 0.3 is 0 Å². The third-order valence-corrected chi connectivity index (χ3v) is 9.05. The van der Waals surface area contributed by atoms with Crippen molar-refractivity contribution >= 4 is 33.0 Å². The molecular weight excluding hydrogens is 406 g/mol. The van der Waals surface area contributed by atoms with Crippen molar-refractivity contribution in [2.75, 3.05) is 37.6 Å². The molecule has 8 heteroatoms. The molecule has 2 fully saturated rings. The van der Waals surface area contributed by atoms with Gasteiger partial charge in [-0.05, 0) is 48.8 Å². The summed E-state index contributed by atoms with van der Waals surface area (Å²) in [7, 11) is -3.49.